The lowest BCUT2D eigenvalue weighted by molar-refractivity contribution is -0.115. The van der Waals surface area contributed by atoms with Crippen molar-refractivity contribution in [2.45, 2.75) is 46.6 Å². The van der Waals surface area contributed by atoms with Gasteiger partial charge in [0.05, 0.1) is 6.54 Å². The summed E-state index contributed by atoms with van der Waals surface area (Å²) < 4.78 is 0. The zero-order valence-corrected chi connectivity index (χ0v) is 17.9. The van der Waals surface area contributed by atoms with Gasteiger partial charge in [0.15, 0.2) is 0 Å². The van der Waals surface area contributed by atoms with E-state index in [0.717, 1.165) is 12.8 Å². The van der Waals surface area contributed by atoms with Crippen molar-refractivity contribution in [2.75, 3.05) is 18.4 Å². The molecule has 0 radical (unpaired) electrons. The molecular weight excluding hydrogens is 362 g/mol. The number of carbonyl (C=O) groups is 2. The Hall–Kier alpha value is -2.66. The maximum absolute atomic E-state index is 12.4. The summed E-state index contributed by atoms with van der Waals surface area (Å²) in [5.74, 6) is 0.0697. The van der Waals surface area contributed by atoms with E-state index in [1.165, 1.54) is 11.1 Å². The summed E-state index contributed by atoms with van der Waals surface area (Å²) in [5, 5.41) is 9.00. The molecule has 0 heterocycles. The molecule has 5 nitrogen and oxygen atoms in total. The van der Waals surface area contributed by atoms with Gasteiger partial charge in [-0.2, -0.15) is 0 Å². The van der Waals surface area contributed by atoms with Crippen LogP contribution in [0.2, 0.25) is 0 Å². The minimum Gasteiger partial charge on any atom is -0.352 e. The van der Waals surface area contributed by atoms with E-state index < -0.39 is 0 Å². The molecule has 0 saturated heterocycles. The van der Waals surface area contributed by atoms with Crippen molar-refractivity contribution >= 4 is 17.5 Å². The summed E-state index contributed by atoms with van der Waals surface area (Å²) in [6, 6.07) is 15.7. The molecule has 0 aliphatic carbocycles. The molecule has 0 fully saturated rings. The molecule has 0 saturated carbocycles. The molecule has 0 aliphatic rings. The van der Waals surface area contributed by atoms with Gasteiger partial charge in [0.1, 0.15) is 0 Å². The monoisotopic (exact) mass is 395 g/mol. The molecule has 29 heavy (non-hydrogen) atoms. The summed E-state index contributed by atoms with van der Waals surface area (Å²) in [6.45, 7) is 9.10. The van der Waals surface area contributed by atoms with E-state index in [4.69, 9.17) is 0 Å². The summed E-state index contributed by atoms with van der Waals surface area (Å²) in [5.41, 5.74) is 3.67. The molecule has 0 bridgehead atoms. The molecule has 3 N–H and O–H groups in total. The topological polar surface area (TPSA) is 70.2 Å². The van der Waals surface area contributed by atoms with E-state index in [2.05, 4.69) is 61.0 Å². The van der Waals surface area contributed by atoms with E-state index in [9.17, 15) is 9.59 Å². The lowest BCUT2D eigenvalue weighted by atomic mass is 9.94. The number of anilines is 1. The molecule has 0 unspecified atom stereocenters. The quantitative estimate of drug-likeness (QED) is 0.561. The number of rotatable bonds is 10. The Morgan fingerprint density at radius 3 is 2.34 bits per heavy atom. The van der Waals surface area contributed by atoms with Crippen LogP contribution in [-0.4, -0.2) is 24.9 Å². The highest BCUT2D eigenvalue weighted by Gasteiger charge is 2.17. The van der Waals surface area contributed by atoms with Crippen molar-refractivity contribution in [1.82, 2.24) is 10.6 Å². The molecule has 2 aromatic carbocycles. The second-order valence-electron chi connectivity index (χ2n) is 7.58. The fourth-order valence-corrected chi connectivity index (χ4v) is 3.33. The zero-order chi connectivity index (χ0) is 21.2. The number of hydrogen-bond donors (Lipinski definition) is 3. The van der Waals surface area contributed by atoms with Crippen LogP contribution in [0, 0.1) is 5.92 Å². The highest BCUT2D eigenvalue weighted by molar-refractivity contribution is 5.97. The van der Waals surface area contributed by atoms with Gasteiger partial charge in [-0.05, 0) is 48.6 Å². The molecular formula is C24H33N3O2. The maximum Gasteiger partial charge on any atom is 0.251 e. The van der Waals surface area contributed by atoms with E-state index in [0.29, 0.717) is 23.7 Å². The Morgan fingerprint density at radius 1 is 1.00 bits per heavy atom. The van der Waals surface area contributed by atoms with Crippen LogP contribution < -0.4 is 16.0 Å². The Labute approximate surface area is 174 Å². The van der Waals surface area contributed by atoms with Crippen molar-refractivity contribution in [3.63, 3.8) is 0 Å². The summed E-state index contributed by atoms with van der Waals surface area (Å²) >= 11 is 0. The van der Waals surface area contributed by atoms with Gasteiger partial charge in [0.25, 0.3) is 5.91 Å². The Morgan fingerprint density at radius 2 is 1.72 bits per heavy atom. The van der Waals surface area contributed by atoms with Crippen LogP contribution in [0.25, 0.3) is 0 Å². The number of benzene rings is 2. The van der Waals surface area contributed by atoms with Gasteiger partial charge in [0.2, 0.25) is 5.91 Å². The van der Waals surface area contributed by atoms with E-state index in [-0.39, 0.29) is 24.4 Å². The van der Waals surface area contributed by atoms with Gasteiger partial charge >= 0.3 is 0 Å². The summed E-state index contributed by atoms with van der Waals surface area (Å²) in [4.78, 5) is 24.4. The number of nitrogens with one attached hydrogen (secondary N) is 3. The van der Waals surface area contributed by atoms with Crippen LogP contribution in [0.1, 0.15) is 61.6 Å². The molecule has 2 amide bonds. The van der Waals surface area contributed by atoms with Gasteiger partial charge < -0.3 is 16.0 Å². The second kappa shape index (κ2) is 11.4. The average molecular weight is 396 g/mol. The fourth-order valence-electron chi connectivity index (χ4n) is 3.33. The highest BCUT2D eigenvalue weighted by Crippen LogP contribution is 2.22. The van der Waals surface area contributed by atoms with Gasteiger partial charge in [-0.3, -0.25) is 9.59 Å². The number of hydrogen-bond acceptors (Lipinski definition) is 3. The standard InChI is InChI=1S/C24H33N3O2/c1-5-8-18-11-13-19(14-12-18)23(17(3)4)26-16-22(28)27-21-10-7-9-20(15-21)24(29)25-6-2/h7,9-15,17,23,26H,5-6,8,16H2,1-4H3,(H,25,29)(H,27,28)/t23-/m1/s1. The normalized spacial score (nSPS) is 11.9. The van der Waals surface area contributed by atoms with Crippen molar-refractivity contribution in [1.29, 1.82) is 0 Å². The van der Waals surface area contributed by atoms with E-state index in [1.807, 2.05) is 6.92 Å². The first-order chi connectivity index (χ1) is 13.9. The molecule has 5 heteroatoms. The van der Waals surface area contributed by atoms with Crippen LogP contribution in [0.15, 0.2) is 48.5 Å². The number of aryl methyl sites for hydroxylation is 1. The van der Waals surface area contributed by atoms with Crippen molar-refractivity contribution in [3.8, 4) is 0 Å². The number of carbonyl (C=O) groups excluding carboxylic acids is 2. The lowest BCUT2D eigenvalue weighted by Crippen LogP contribution is -2.33. The minimum atomic E-state index is -0.145. The molecule has 0 spiro atoms. The second-order valence-corrected chi connectivity index (χ2v) is 7.58. The third-order valence-corrected chi connectivity index (χ3v) is 4.77. The number of amides is 2. The van der Waals surface area contributed by atoms with Crippen molar-refractivity contribution in [3.05, 3.63) is 65.2 Å². The molecule has 0 aliphatic heterocycles. The third-order valence-electron chi connectivity index (χ3n) is 4.77. The molecule has 1 atom stereocenters. The van der Waals surface area contributed by atoms with Gasteiger partial charge in [-0.15, -0.1) is 0 Å². The van der Waals surface area contributed by atoms with Gasteiger partial charge in [0, 0.05) is 23.8 Å². The van der Waals surface area contributed by atoms with Crippen LogP contribution in [-0.2, 0) is 11.2 Å². The fraction of sp³-hybridized carbons (Fsp3) is 0.417. The summed E-state index contributed by atoms with van der Waals surface area (Å²) in [6.07, 6.45) is 2.21. The highest BCUT2D eigenvalue weighted by atomic mass is 16.2. The van der Waals surface area contributed by atoms with Crippen LogP contribution in [0.3, 0.4) is 0 Å². The van der Waals surface area contributed by atoms with Gasteiger partial charge in [-0.1, -0.05) is 57.5 Å². The van der Waals surface area contributed by atoms with Crippen LogP contribution in [0.5, 0.6) is 0 Å². The van der Waals surface area contributed by atoms with E-state index >= 15 is 0 Å². The largest absolute Gasteiger partial charge is 0.352 e. The summed E-state index contributed by atoms with van der Waals surface area (Å²) in [7, 11) is 0. The Balaban J connectivity index is 1.97. The van der Waals surface area contributed by atoms with Crippen LogP contribution in [0.4, 0.5) is 5.69 Å². The maximum atomic E-state index is 12.4. The SMILES string of the molecule is CCCc1ccc([C@H](NCC(=O)Nc2cccc(C(=O)NCC)c2)C(C)C)cc1. The predicted octanol–water partition coefficient (Wildman–Crippen LogP) is 4.31. The first-order valence-electron chi connectivity index (χ1n) is 10.4. The van der Waals surface area contributed by atoms with Crippen molar-refractivity contribution < 1.29 is 9.59 Å². The van der Waals surface area contributed by atoms with E-state index in [1.54, 1.807) is 24.3 Å². The predicted molar refractivity (Wildman–Crippen MR) is 119 cm³/mol. The minimum absolute atomic E-state index is 0.0955. The third kappa shape index (κ3) is 7.02. The lowest BCUT2D eigenvalue weighted by Gasteiger charge is -2.23. The van der Waals surface area contributed by atoms with Crippen molar-refractivity contribution in [2.24, 2.45) is 5.92 Å². The molecule has 2 rings (SSSR count). The van der Waals surface area contributed by atoms with Crippen LogP contribution >= 0.6 is 0 Å². The first-order valence-corrected chi connectivity index (χ1v) is 10.4. The average Bonchev–Trinajstić information content (AvgIpc) is 2.69. The Bertz CT molecular complexity index is 800. The molecule has 156 valence electrons. The van der Waals surface area contributed by atoms with Gasteiger partial charge in [-0.25, -0.2) is 0 Å². The first kappa shape index (κ1) is 22.6. The molecule has 0 aromatic heterocycles. The molecule has 2 aromatic rings. The zero-order valence-electron chi connectivity index (χ0n) is 17.9. The smallest absolute Gasteiger partial charge is 0.251 e. The Kier molecular flexibility index (Phi) is 8.87.